The molecule has 1 unspecified atom stereocenters. The summed E-state index contributed by atoms with van der Waals surface area (Å²) in [5, 5.41) is 1.12. The second-order valence-corrected chi connectivity index (χ2v) is 5.94. The third-order valence-electron chi connectivity index (χ3n) is 2.81. The molecule has 2 aromatic carbocycles. The zero-order valence-electron chi connectivity index (χ0n) is 9.84. The van der Waals surface area contributed by atoms with E-state index in [-0.39, 0.29) is 11.9 Å². The maximum absolute atomic E-state index is 13.7. The minimum atomic E-state index is -0.334. The van der Waals surface area contributed by atoms with Crippen molar-refractivity contribution in [3.8, 4) is 0 Å². The average molecular weight is 363 g/mol. The summed E-state index contributed by atoms with van der Waals surface area (Å²) in [4.78, 5) is 0. The molecule has 0 saturated carbocycles. The van der Waals surface area contributed by atoms with Gasteiger partial charge in [0.2, 0.25) is 0 Å². The second-order valence-electron chi connectivity index (χ2n) is 4.21. The first-order chi connectivity index (χ1) is 8.97. The van der Waals surface area contributed by atoms with Crippen molar-refractivity contribution in [2.24, 2.45) is 5.73 Å². The average Bonchev–Trinajstić information content (AvgIpc) is 2.33. The van der Waals surface area contributed by atoms with Crippen LogP contribution in [0.3, 0.4) is 0 Å². The maximum atomic E-state index is 13.7. The van der Waals surface area contributed by atoms with Crippen molar-refractivity contribution in [3.63, 3.8) is 0 Å². The smallest absolute Gasteiger partial charge is 0.126 e. The minimum absolute atomic E-state index is 0.301. The van der Waals surface area contributed by atoms with Crippen LogP contribution in [0.2, 0.25) is 10.0 Å². The molecule has 0 aliphatic carbocycles. The molecule has 0 amide bonds. The van der Waals surface area contributed by atoms with Crippen molar-refractivity contribution >= 4 is 39.1 Å². The van der Waals surface area contributed by atoms with Crippen molar-refractivity contribution in [3.05, 3.63) is 67.9 Å². The third kappa shape index (κ3) is 3.69. The van der Waals surface area contributed by atoms with Gasteiger partial charge in [0.25, 0.3) is 0 Å². The van der Waals surface area contributed by atoms with Crippen LogP contribution < -0.4 is 5.73 Å². The summed E-state index contributed by atoms with van der Waals surface area (Å²) in [6, 6.07) is 9.49. The Morgan fingerprint density at radius 1 is 1.11 bits per heavy atom. The Kier molecular flexibility index (Phi) is 4.85. The molecule has 5 heteroatoms. The van der Waals surface area contributed by atoms with E-state index in [0.29, 0.717) is 22.0 Å². The van der Waals surface area contributed by atoms with Crippen LogP contribution in [0, 0.1) is 5.82 Å². The Morgan fingerprint density at radius 2 is 1.74 bits per heavy atom. The zero-order chi connectivity index (χ0) is 14.0. The summed E-state index contributed by atoms with van der Waals surface area (Å²) in [6.07, 6.45) is 0.368. The summed E-state index contributed by atoms with van der Waals surface area (Å²) in [6.45, 7) is 0. The van der Waals surface area contributed by atoms with Gasteiger partial charge in [-0.2, -0.15) is 0 Å². The lowest BCUT2D eigenvalue weighted by molar-refractivity contribution is 0.593. The molecule has 1 nitrogen and oxygen atoms in total. The Labute approximate surface area is 129 Å². The van der Waals surface area contributed by atoms with Crippen molar-refractivity contribution < 1.29 is 4.39 Å². The van der Waals surface area contributed by atoms with Crippen LogP contribution in [-0.2, 0) is 6.42 Å². The number of rotatable bonds is 3. The van der Waals surface area contributed by atoms with Crippen LogP contribution in [0.5, 0.6) is 0 Å². The molecule has 0 spiro atoms. The summed E-state index contributed by atoms with van der Waals surface area (Å²) in [5.41, 5.74) is 7.49. The molecular formula is C14H11BrCl2FN. The van der Waals surface area contributed by atoms with Gasteiger partial charge in [0.05, 0.1) is 0 Å². The minimum Gasteiger partial charge on any atom is -0.324 e. The number of hydrogen-bond donors (Lipinski definition) is 1. The lowest BCUT2D eigenvalue weighted by Crippen LogP contribution is -2.14. The van der Waals surface area contributed by atoms with Crippen LogP contribution in [0.4, 0.5) is 4.39 Å². The normalized spacial score (nSPS) is 12.5. The number of benzene rings is 2. The predicted molar refractivity (Wildman–Crippen MR) is 81.2 cm³/mol. The van der Waals surface area contributed by atoms with Crippen LogP contribution in [0.25, 0.3) is 0 Å². The summed E-state index contributed by atoms with van der Waals surface area (Å²) in [7, 11) is 0. The van der Waals surface area contributed by atoms with Gasteiger partial charge in [0.1, 0.15) is 5.82 Å². The van der Waals surface area contributed by atoms with E-state index < -0.39 is 0 Å². The molecule has 2 rings (SSSR count). The van der Waals surface area contributed by atoms with Crippen molar-refractivity contribution in [1.82, 2.24) is 0 Å². The molecule has 0 fully saturated rings. The van der Waals surface area contributed by atoms with E-state index in [1.807, 2.05) is 6.07 Å². The Morgan fingerprint density at radius 3 is 2.42 bits per heavy atom. The van der Waals surface area contributed by atoms with Gasteiger partial charge in [0, 0.05) is 20.6 Å². The molecule has 0 aliphatic heterocycles. The van der Waals surface area contributed by atoms with Gasteiger partial charge >= 0.3 is 0 Å². The fourth-order valence-corrected chi connectivity index (χ4v) is 3.02. The fraction of sp³-hybridized carbons (Fsp3) is 0.143. The van der Waals surface area contributed by atoms with Crippen molar-refractivity contribution in [1.29, 1.82) is 0 Å². The van der Waals surface area contributed by atoms with Gasteiger partial charge in [-0.25, -0.2) is 4.39 Å². The maximum Gasteiger partial charge on any atom is 0.126 e. The summed E-state index contributed by atoms with van der Waals surface area (Å²) >= 11 is 15.2. The molecule has 0 radical (unpaired) electrons. The summed E-state index contributed by atoms with van der Waals surface area (Å²) < 4.78 is 14.5. The molecular weight excluding hydrogens is 352 g/mol. The van der Waals surface area contributed by atoms with E-state index in [4.69, 9.17) is 28.9 Å². The van der Waals surface area contributed by atoms with E-state index in [9.17, 15) is 4.39 Å². The van der Waals surface area contributed by atoms with Gasteiger partial charge in [-0.3, -0.25) is 0 Å². The van der Waals surface area contributed by atoms with Crippen LogP contribution in [0.1, 0.15) is 17.2 Å². The van der Waals surface area contributed by atoms with Gasteiger partial charge in [0.15, 0.2) is 0 Å². The quantitative estimate of drug-likeness (QED) is 0.803. The Balaban J connectivity index is 2.25. The first-order valence-electron chi connectivity index (χ1n) is 5.62. The van der Waals surface area contributed by atoms with Crippen LogP contribution in [-0.4, -0.2) is 0 Å². The standard InChI is InChI=1S/C14H11BrCl2FN/c15-12-7-10(17)1-3-11(12)14(19)6-8-5-9(16)2-4-13(8)18/h1-5,7,14H,6,19H2. The van der Waals surface area contributed by atoms with E-state index >= 15 is 0 Å². The van der Waals surface area contributed by atoms with Crippen LogP contribution in [0.15, 0.2) is 40.9 Å². The van der Waals surface area contributed by atoms with E-state index in [2.05, 4.69) is 15.9 Å². The highest BCUT2D eigenvalue weighted by Crippen LogP contribution is 2.28. The molecule has 2 aromatic rings. The van der Waals surface area contributed by atoms with Gasteiger partial charge in [-0.15, -0.1) is 0 Å². The first kappa shape index (κ1) is 14.8. The van der Waals surface area contributed by atoms with E-state index in [0.717, 1.165) is 10.0 Å². The summed E-state index contributed by atoms with van der Waals surface area (Å²) in [5.74, 6) is -0.301. The highest BCUT2D eigenvalue weighted by molar-refractivity contribution is 9.10. The van der Waals surface area contributed by atoms with Crippen molar-refractivity contribution in [2.45, 2.75) is 12.5 Å². The van der Waals surface area contributed by atoms with Gasteiger partial charge in [-0.1, -0.05) is 45.2 Å². The molecule has 0 bridgehead atoms. The van der Waals surface area contributed by atoms with Crippen LogP contribution >= 0.6 is 39.1 Å². The molecule has 0 aromatic heterocycles. The monoisotopic (exact) mass is 361 g/mol. The largest absolute Gasteiger partial charge is 0.324 e. The topological polar surface area (TPSA) is 26.0 Å². The number of nitrogens with two attached hydrogens (primary N) is 1. The molecule has 0 heterocycles. The fourth-order valence-electron chi connectivity index (χ4n) is 1.85. The van der Waals surface area contributed by atoms with E-state index in [1.54, 1.807) is 18.2 Å². The predicted octanol–water partition coefficient (Wildman–Crippen LogP) is 5.14. The SMILES string of the molecule is NC(Cc1cc(Cl)ccc1F)c1ccc(Cl)cc1Br. The molecule has 100 valence electrons. The highest BCUT2D eigenvalue weighted by atomic mass is 79.9. The molecule has 19 heavy (non-hydrogen) atoms. The molecule has 0 saturated heterocycles. The Hall–Kier alpha value is -0.610. The number of halogens is 4. The third-order valence-corrected chi connectivity index (χ3v) is 3.97. The van der Waals surface area contributed by atoms with Gasteiger partial charge < -0.3 is 5.73 Å². The lowest BCUT2D eigenvalue weighted by Gasteiger charge is -2.15. The Bertz CT molecular complexity index is 604. The molecule has 1 atom stereocenters. The van der Waals surface area contributed by atoms with Gasteiger partial charge in [-0.05, 0) is 47.9 Å². The lowest BCUT2D eigenvalue weighted by atomic mass is 9.99. The highest BCUT2D eigenvalue weighted by Gasteiger charge is 2.13. The molecule has 2 N–H and O–H groups in total. The first-order valence-corrected chi connectivity index (χ1v) is 7.16. The van der Waals surface area contributed by atoms with Crippen molar-refractivity contribution in [2.75, 3.05) is 0 Å². The number of hydrogen-bond acceptors (Lipinski definition) is 1. The zero-order valence-corrected chi connectivity index (χ0v) is 12.9. The molecule has 0 aliphatic rings. The van der Waals surface area contributed by atoms with E-state index in [1.165, 1.54) is 12.1 Å². The second kappa shape index (κ2) is 6.23.